The Hall–Kier alpha value is -1.26. The minimum atomic E-state index is 0. The highest BCUT2D eigenvalue weighted by atomic mass is 35.5. The molecule has 0 spiro atoms. The molecule has 1 aromatic rings. The summed E-state index contributed by atoms with van der Waals surface area (Å²) in [5, 5.41) is 0. The number of nitrogens with zero attached hydrogens (tertiary/aromatic N) is 2. The molecule has 134 valence electrons. The van der Waals surface area contributed by atoms with Gasteiger partial charge in [0.2, 0.25) is 0 Å². The molecule has 4 nitrogen and oxygen atoms in total. The van der Waals surface area contributed by atoms with Crippen molar-refractivity contribution in [1.29, 1.82) is 0 Å². The summed E-state index contributed by atoms with van der Waals surface area (Å²) in [5.41, 5.74) is 0. The number of likely N-dealkylation sites (N-methyl/N-ethyl adjacent to an activating group) is 1. The molecular weight excluding hydrogens is 324 g/mol. The van der Waals surface area contributed by atoms with E-state index in [1.807, 2.05) is 42.3 Å². The summed E-state index contributed by atoms with van der Waals surface area (Å²) in [5.74, 6) is 0.846. The fraction of sp³-hybridized carbons (Fsp3) is 0.632. The molecule has 0 aromatic heterocycles. The van der Waals surface area contributed by atoms with Crippen LogP contribution in [0.5, 0.6) is 5.75 Å². The van der Waals surface area contributed by atoms with Gasteiger partial charge in [-0.2, -0.15) is 0 Å². The molecule has 1 amide bonds. The molecule has 2 fully saturated rings. The van der Waals surface area contributed by atoms with Gasteiger partial charge in [-0.15, -0.1) is 12.4 Å². The van der Waals surface area contributed by atoms with E-state index in [-0.39, 0.29) is 24.9 Å². The standard InChI is InChI=1S/C19H28N2O2.ClH/c1-20(19(22)15-23-16-9-3-2-4-10-16)17-11-5-6-12-18(17)21-13-7-8-14-21;/h2-4,9-10,17-18H,5-8,11-15H2,1H3;1H/t17-,18-;/m1./s1. The topological polar surface area (TPSA) is 32.8 Å². The largest absolute Gasteiger partial charge is 0.484 e. The van der Waals surface area contributed by atoms with E-state index in [0.717, 1.165) is 12.2 Å². The van der Waals surface area contributed by atoms with Crippen molar-refractivity contribution < 1.29 is 9.53 Å². The Morgan fingerprint density at radius 3 is 2.50 bits per heavy atom. The Kier molecular flexibility index (Phi) is 7.38. The van der Waals surface area contributed by atoms with E-state index in [0.29, 0.717) is 12.1 Å². The molecule has 1 saturated carbocycles. The maximum Gasteiger partial charge on any atom is 0.260 e. The number of amides is 1. The summed E-state index contributed by atoms with van der Waals surface area (Å²) in [6.07, 6.45) is 7.47. The lowest BCUT2D eigenvalue weighted by Gasteiger charge is -2.42. The van der Waals surface area contributed by atoms with Gasteiger partial charge >= 0.3 is 0 Å². The highest BCUT2D eigenvalue weighted by Crippen LogP contribution is 2.29. The Labute approximate surface area is 151 Å². The van der Waals surface area contributed by atoms with Crippen LogP contribution >= 0.6 is 12.4 Å². The molecule has 3 rings (SSSR count). The van der Waals surface area contributed by atoms with Gasteiger partial charge < -0.3 is 9.64 Å². The number of para-hydroxylation sites is 1. The molecule has 1 aliphatic heterocycles. The fourth-order valence-electron chi connectivity index (χ4n) is 3.99. The number of carbonyl (C=O) groups excluding carboxylic acids is 1. The van der Waals surface area contributed by atoms with Gasteiger partial charge in [0.15, 0.2) is 6.61 Å². The third-order valence-electron chi connectivity index (χ3n) is 5.30. The SMILES string of the molecule is CN(C(=O)COc1ccccc1)[C@@H]1CCCC[C@H]1N1CCCC1.Cl. The van der Waals surface area contributed by atoms with Crippen LogP contribution < -0.4 is 4.74 Å². The van der Waals surface area contributed by atoms with Gasteiger partial charge in [0.25, 0.3) is 5.91 Å². The van der Waals surface area contributed by atoms with Crippen LogP contribution in [-0.2, 0) is 4.79 Å². The third-order valence-corrected chi connectivity index (χ3v) is 5.30. The molecule has 0 unspecified atom stereocenters. The van der Waals surface area contributed by atoms with Gasteiger partial charge in [0.05, 0.1) is 0 Å². The van der Waals surface area contributed by atoms with Crippen LogP contribution in [-0.4, -0.2) is 54.5 Å². The molecule has 0 bridgehead atoms. The Bertz CT molecular complexity index is 505. The zero-order valence-corrected chi connectivity index (χ0v) is 15.3. The van der Waals surface area contributed by atoms with Gasteiger partial charge in [-0.3, -0.25) is 9.69 Å². The highest BCUT2D eigenvalue weighted by molar-refractivity contribution is 5.85. The first-order valence-corrected chi connectivity index (χ1v) is 8.93. The summed E-state index contributed by atoms with van der Waals surface area (Å²) < 4.78 is 5.64. The molecule has 1 heterocycles. The van der Waals surface area contributed by atoms with Crippen LogP contribution in [0.25, 0.3) is 0 Å². The molecule has 0 radical (unpaired) electrons. The van der Waals surface area contributed by atoms with Crippen molar-refractivity contribution in [3.05, 3.63) is 30.3 Å². The van der Waals surface area contributed by atoms with Gasteiger partial charge in [-0.25, -0.2) is 0 Å². The second-order valence-corrected chi connectivity index (χ2v) is 6.77. The van der Waals surface area contributed by atoms with Crippen molar-refractivity contribution in [1.82, 2.24) is 9.80 Å². The Balaban J connectivity index is 0.00000208. The first-order chi connectivity index (χ1) is 11.3. The number of rotatable bonds is 5. The fourth-order valence-corrected chi connectivity index (χ4v) is 3.99. The smallest absolute Gasteiger partial charge is 0.260 e. The van der Waals surface area contributed by atoms with Gasteiger partial charge in [-0.1, -0.05) is 31.0 Å². The van der Waals surface area contributed by atoms with Crippen molar-refractivity contribution >= 4 is 18.3 Å². The first kappa shape index (κ1) is 19.1. The maximum absolute atomic E-state index is 12.6. The molecule has 1 saturated heterocycles. The zero-order chi connectivity index (χ0) is 16.1. The lowest BCUT2D eigenvalue weighted by atomic mass is 9.88. The molecule has 2 aliphatic rings. The van der Waals surface area contributed by atoms with Crippen molar-refractivity contribution in [3.63, 3.8) is 0 Å². The number of likely N-dealkylation sites (tertiary alicyclic amines) is 1. The Morgan fingerprint density at radius 1 is 1.12 bits per heavy atom. The van der Waals surface area contributed by atoms with Crippen LogP contribution in [0.4, 0.5) is 0 Å². The molecular formula is C19H29ClN2O2. The predicted molar refractivity (Wildman–Crippen MR) is 98.8 cm³/mol. The van der Waals surface area contributed by atoms with E-state index in [4.69, 9.17) is 4.74 Å². The van der Waals surface area contributed by atoms with Crippen LogP contribution in [0.15, 0.2) is 30.3 Å². The summed E-state index contributed by atoms with van der Waals surface area (Å²) in [4.78, 5) is 17.1. The number of ether oxygens (including phenoxy) is 1. The molecule has 2 atom stereocenters. The maximum atomic E-state index is 12.6. The van der Waals surface area contributed by atoms with Crippen LogP contribution in [0.3, 0.4) is 0 Å². The van der Waals surface area contributed by atoms with Crippen molar-refractivity contribution in [2.45, 2.75) is 50.6 Å². The monoisotopic (exact) mass is 352 g/mol. The number of hydrogen-bond acceptors (Lipinski definition) is 3. The third kappa shape index (κ3) is 4.64. The lowest BCUT2D eigenvalue weighted by Crippen LogP contribution is -2.53. The first-order valence-electron chi connectivity index (χ1n) is 8.93. The van der Waals surface area contributed by atoms with Crippen LogP contribution in [0.2, 0.25) is 0 Å². The molecule has 0 N–H and O–H groups in total. The van der Waals surface area contributed by atoms with Gasteiger partial charge in [0.1, 0.15) is 5.75 Å². The summed E-state index contributed by atoms with van der Waals surface area (Å²) >= 11 is 0. The average molecular weight is 353 g/mol. The van der Waals surface area contributed by atoms with E-state index in [9.17, 15) is 4.79 Å². The summed E-state index contributed by atoms with van der Waals surface area (Å²) in [6, 6.07) is 10.5. The zero-order valence-electron chi connectivity index (χ0n) is 14.5. The van der Waals surface area contributed by atoms with E-state index >= 15 is 0 Å². The quantitative estimate of drug-likeness (QED) is 0.814. The van der Waals surface area contributed by atoms with E-state index in [1.54, 1.807) is 0 Å². The normalized spacial score (nSPS) is 24.2. The minimum Gasteiger partial charge on any atom is -0.484 e. The summed E-state index contributed by atoms with van der Waals surface area (Å²) in [7, 11) is 1.95. The van der Waals surface area contributed by atoms with E-state index < -0.39 is 0 Å². The summed E-state index contributed by atoms with van der Waals surface area (Å²) in [6.45, 7) is 2.52. The molecule has 1 aliphatic carbocycles. The second-order valence-electron chi connectivity index (χ2n) is 6.77. The highest BCUT2D eigenvalue weighted by Gasteiger charge is 2.35. The van der Waals surface area contributed by atoms with Crippen LogP contribution in [0, 0.1) is 0 Å². The molecule has 24 heavy (non-hydrogen) atoms. The molecule has 1 aromatic carbocycles. The predicted octanol–water partition coefficient (Wildman–Crippen LogP) is 3.35. The van der Waals surface area contributed by atoms with Crippen molar-refractivity contribution in [3.8, 4) is 5.75 Å². The van der Waals surface area contributed by atoms with Gasteiger partial charge in [0, 0.05) is 19.1 Å². The Morgan fingerprint density at radius 2 is 1.79 bits per heavy atom. The average Bonchev–Trinajstić information content (AvgIpc) is 3.14. The van der Waals surface area contributed by atoms with E-state index in [2.05, 4.69) is 4.90 Å². The minimum absolute atomic E-state index is 0. The van der Waals surface area contributed by atoms with Crippen LogP contribution in [0.1, 0.15) is 38.5 Å². The van der Waals surface area contributed by atoms with Crippen molar-refractivity contribution in [2.24, 2.45) is 0 Å². The number of benzene rings is 1. The second kappa shape index (κ2) is 9.28. The number of hydrogen-bond donors (Lipinski definition) is 0. The van der Waals surface area contributed by atoms with Crippen molar-refractivity contribution in [2.75, 3.05) is 26.7 Å². The van der Waals surface area contributed by atoms with E-state index in [1.165, 1.54) is 45.2 Å². The molecule has 5 heteroatoms. The lowest BCUT2D eigenvalue weighted by molar-refractivity contribution is -0.136. The number of carbonyl (C=O) groups is 1. The van der Waals surface area contributed by atoms with Gasteiger partial charge in [-0.05, 0) is 50.9 Å². The number of halogens is 1.